The molecule has 0 spiro atoms. The lowest BCUT2D eigenvalue weighted by Gasteiger charge is -2.20. The Morgan fingerprint density at radius 1 is 1.28 bits per heavy atom. The lowest BCUT2D eigenvalue weighted by atomic mass is 10.2. The van der Waals surface area contributed by atoms with Gasteiger partial charge in [-0.25, -0.2) is 4.98 Å². The van der Waals surface area contributed by atoms with Crippen molar-refractivity contribution in [2.45, 2.75) is 38.7 Å². The van der Waals surface area contributed by atoms with Gasteiger partial charge in [0.05, 0.1) is 33.5 Å². The summed E-state index contributed by atoms with van der Waals surface area (Å²) in [6.45, 7) is 2.74. The SMILES string of the molecule is CC(=O)OC[C@@H]1CC(OC(C)=O)[C@H](n2cnc3cc(Cl)c(Cl)cc32)O1. The first-order chi connectivity index (χ1) is 11.8. The van der Waals surface area contributed by atoms with Gasteiger partial charge in [0.15, 0.2) is 6.23 Å². The standard InChI is InChI=1S/C16H16Cl2N2O5/c1-8(21)23-6-10-3-15(24-9(2)22)16(25-10)20-7-19-13-4-11(17)12(18)5-14(13)20/h4-5,7,10,15-16H,3,6H2,1-2H3/t10-,15?,16+/m0/s1. The van der Waals surface area contributed by atoms with E-state index in [0.29, 0.717) is 27.5 Å². The summed E-state index contributed by atoms with van der Waals surface area (Å²) in [5.41, 5.74) is 1.34. The van der Waals surface area contributed by atoms with Crippen LogP contribution in [0, 0.1) is 0 Å². The van der Waals surface area contributed by atoms with E-state index in [4.69, 9.17) is 37.4 Å². The number of rotatable bonds is 4. The number of aromatic nitrogens is 2. The fraction of sp³-hybridized carbons (Fsp3) is 0.438. The van der Waals surface area contributed by atoms with Crippen LogP contribution in [-0.2, 0) is 23.8 Å². The lowest BCUT2D eigenvalue weighted by molar-refractivity contribution is -0.152. The average Bonchev–Trinajstić information content (AvgIpc) is 3.09. The molecule has 1 saturated heterocycles. The van der Waals surface area contributed by atoms with Gasteiger partial charge in [0.1, 0.15) is 12.7 Å². The van der Waals surface area contributed by atoms with Gasteiger partial charge in [0, 0.05) is 20.3 Å². The maximum atomic E-state index is 11.4. The van der Waals surface area contributed by atoms with Crippen LogP contribution in [0.3, 0.4) is 0 Å². The predicted octanol–water partition coefficient (Wildman–Crippen LogP) is 3.13. The Morgan fingerprint density at radius 2 is 2.00 bits per heavy atom. The van der Waals surface area contributed by atoms with E-state index < -0.39 is 30.4 Å². The molecule has 1 aliphatic rings. The van der Waals surface area contributed by atoms with Gasteiger partial charge < -0.3 is 18.8 Å². The second kappa shape index (κ2) is 7.19. The first-order valence-corrected chi connectivity index (χ1v) is 8.38. The minimum atomic E-state index is -0.605. The van der Waals surface area contributed by atoms with E-state index in [1.54, 1.807) is 23.0 Å². The first kappa shape index (κ1) is 18.0. The summed E-state index contributed by atoms with van der Waals surface area (Å²) < 4.78 is 18.1. The molecule has 3 atom stereocenters. The molecule has 1 aromatic carbocycles. The van der Waals surface area contributed by atoms with Crippen molar-refractivity contribution in [2.75, 3.05) is 6.61 Å². The number of benzene rings is 1. The Kier molecular flexibility index (Phi) is 5.17. The zero-order chi connectivity index (χ0) is 18.1. The number of ether oxygens (including phenoxy) is 3. The lowest BCUT2D eigenvalue weighted by Crippen LogP contribution is -2.24. The minimum Gasteiger partial charge on any atom is -0.463 e. The molecule has 2 aromatic rings. The normalized spacial score (nSPS) is 23.0. The zero-order valence-corrected chi connectivity index (χ0v) is 15.1. The fourth-order valence-electron chi connectivity index (χ4n) is 2.82. The van der Waals surface area contributed by atoms with E-state index in [-0.39, 0.29) is 6.61 Å². The van der Waals surface area contributed by atoms with Crippen LogP contribution in [0.15, 0.2) is 18.5 Å². The van der Waals surface area contributed by atoms with E-state index in [2.05, 4.69) is 4.98 Å². The number of imidazole rings is 1. The van der Waals surface area contributed by atoms with Gasteiger partial charge in [-0.05, 0) is 12.1 Å². The molecule has 0 amide bonds. The molecule has 1 aliphatic heterocycles. The maximum Gasteiger partial charge on any atom is 0.303 e. The predicted molar refractivity (Wildman–Crippen MR) is 90.5 cm³/mol. The number of halogens is 2. The Labute approximate surface area is 153 Å². The second-order valence-corrected chi connectivity index (χ2v) is 6.56. The number of hydrogen-bond donors (Lipinski definition) is 0. The molecule has 0 radical (unpaired) electrons. The van der Waals surface area contributed by atoms with Crippen molar-refractivity contribution in [2.24, 2.45) is 0 Å². The van der Waals surface area contributed by atoms with Crippen LogP contribution in [0.1, 0.15) is 26.5 Å². The third-order valence-electron chi connectivity index (χ3n) is 3.83. The molecule has 0 saturated carbocycles. The molecule has 0 N–H and O–H groups in total. The highest BCUT2D eigenvalue weighted by Gasteiger charge is 2.39. The van der Waals surface area contributed by atoms with Crippen LogP contribution >= 0.6 is 23.2 Å². The van der Waals surface area contributed by atoms with Crippen molar-refractivity contribution >= 4 is 46.2 Å². The highest BCUT2D eigenvalue weighted by atomic mass is 35.5. The Morgan fingerprint density at radius 3 is 2.68 bits per heavy atom. The van der Waals surface area contributed by atoms with Crippen molar-refractivity contribution in [3.8, 4) is 0 Å². The molecule has 1 fully saturated rings. The summed E-state index contributed by atoms with van der Waals surface area (Å²) in [6.07, 6.45) is 0.445. The third kappa shape index (κ3) is 3.89. The summed E-state index contributed by atoms with van der Waals surface area (Å²) in [5.74, 6) is -0.817. The van der Waals surface area contributed by atoms with Crippen LogP contribution in [0.25, 0.3) is 11.0 Å². The number of fused-ring (bicyclic) bond motifs is 1. The van der Waals surface area contributed by atoms with E-state index in [0.717, 1.165) is 0 Å². The highest BCUT2D eigenvalue weighted by Crippen LogP contribution is 2.35. The van der Waals surface area contributed by atoms with Gasteiger partial charge in [-0.15, -0.1) is 0 Å². The molecule has 1 aromatic heterocycles. The largest absolute Gasteiger partial charge is 0.463 e. The van der Waals surface area contributed by atoms with Gasteiger partial charge in [-0.3, -0.25) is 9.59 Å². The van der Waals surface area contributed by atoms with Gasteiger partial charge in [0.2, 0.25) is 0 Å². The molecular weight excluding hydrogens is 371 g/mol. The number of carbonyl (C=O) groups is 2. The molecule has 0 bridgehead atoms. The topological polar surface area (TPSA) is 79.7 Å². The monoisotopic (exact) mass is 386 g/mol. The van der Waals surface area contributed by atoms with Gasteiger partial charge >= 0.3 is 11.9 Å². The fourth-order valence-corrected chi connectivity index (χ4v) is 3.14. The van der Waals surface area contributed by atoms with Crippen LogP contribution < -0.4 is 0 Å². The van der Waals surface area contributed by atoms with Crippen molar-refractivity contribution in [3.05, 3.63) is 28.5 Å². The van der Waals surface area contributed by atoms with Gasteiger partial charge in [-0.1, -0.05) is 23.2 Å². The quantitative estimate of drug-likeness (QED) is 0.750. The van der Waals surface area contributed by atoms with E-state index in [1.165, 1.54) is 13.8 Å². The summed E-state index contributed by atoms with van der Waals surface area (Å²) in [5, 5.41) is 0.783. The molecule has 2 heterocycles. The number of esters is 2. The summed E-state index contributed by atoms with van der Waals surface area (Å²) >= 11 is 12.1. The van der Waals surface area contributed by atoms with E-state index in [1.807, 2.05) is 0 Å². The van der Waals surface area contributed by atoms with Crippen LogP contribution in [0.5, 0.6) is 0 Å². The summed E-state index contributed by atoms with van der Waals surface area (Å²) in [7, 11) is 0. The van der Waals surface area contributed by atoms with Crippen molar-refractivity contribution < 1.29 is 23.8 Å². The minimum absolute atomic E-state index is 0.0861. The Balaban J connectivity index is 1.91. The third-order valence-corrected chi connectivity index (χ3v) is 4.55. The summed E-state index contributed by atoms with van der Waals surface area (Å²) in [4.78, 5) is 26.7. The number of carbonyl (C=O) groups excluding carboxylic acids is 2. The molecule has 134 valence electrons. The smallest absolute Gasteiger partial charge is 0.303 e. The van der Waals surface area contributed by atoms with Gasteiger partial charge in [0.25, 0.3) is 0 Å². The van der Waals surface area contributed by atoms with E-state index in [9.17, 15) is 9.59 Å². The van der Waals surface area contributed by atoms with E-state index >= 15 is 0 Å². The maximum absolute atomic E-state index is 11.4. The second-order valence-electron chi connectivity index (χ2n) is 5.74. The summed E-state index contributed by atoms with van der Waals surface area (Å²) in [6, 6.07) is 3.33. The molecule has 3 rings (SSSR count). The van der Waals surface area contributed by atoms with Crippen LogP contribution in [-0.4, -0.2) is 40.3 Å². The van der Waals surface area contributed by atoms with Crippen molar-refractivity contribution in [3.63, 3.8) is 0 Å². The zero-order valence-electron chi connectivity index (χ0n) is 13.6. The highest BCUT2D eigenvalue weighted by molar-refractivity contribution is 6.42. The Hall–Kier alpha value is -1.83. The van der Waals surface area contributed by atoms with Crippen LogP contribution in [0.2, 0.25) is 10.0 Å². The molecule has 9 heteroatoms. The number of hydrogen-bond acceptors (Lipinski definition) is 6. The molecule has 25 heavy (non-hydrogen) atoms. The molecule has 7 nitrogen and oxygen atoms in total. The Bertz CT molecular complexity index is 822. The van der Waals surface area contributed by atoms with Crippen LogP contribution in [0.4, 0.5) is 0 Å². The molecule has 1 unspecified atom stereocenters. The number of nitrogens with zero attached hydrogens (tertiary/aromatic N) is 2. The van der Waals surface area contributed by atoms with Gasteiger partial charge in [-0.2, -0.15) is 0 Å². The van der Waals surface area contributed by atoms with Crippen molar-refractivity contribution in [1.82, 2.24) is 9.55 Å². The average molecular weight is 387 g/mol. The van der Waals surface area contributed by atoms with Crippen molar-refractivity contribution in [1.29, 1.82) is 0 Å². The first-order valence-electron chi connectivity index (χ1n) is 7.62. The molecular formula is C16H16Cl2N2O5. The molecule has 0 aliphatic carbocycles.